The van der Waals surface area contributed by atoms with Crippen molar-refractivity contribution in [2.75, 3.05) is 39.5 Å². The van der Waals surface area contributed by atoms with E-state index in [2.05, 4.69) is 22.3 Å². The number of amides is 1. The molecule has 0 spiro atoms. The number of rotatable bonds is 7. The molecule has 1 atom stereocenters. The van der Waals surface area contributed by atoms with Gasteiger partial charge in [0.1, 0.15) is 13.2 Å². The van der Waals surface area contributed by atoms with Gasteiger partial charge >= 0.3 is 0 Å². The van der Waals surface area contributed by atoms with E-state index in [9.17, 15) is 4.79 Å². The second-order valence-electron chi connectivity index (χ2n) is 8.18. The lowest BCUT2D eigenvalue weighted by Crippen LogP contribution is -2.34. The third-order valence-corrected chi connectivity index (χ3v) is 6.05. The first kappa shape index (κ1) is 19.5. The van der Waals surface area contributed by atoms with E-state index in [1.165, 1.54) is 18.4 Å². The monoisotopic (exact) mass is 388 g/mol. The first-order valence-electron chi connectivity index (χ1n) is 10.8. The van der Waals surface area contributed by atoms with Crippen LogP contribution in [0.25, 0.3) is 0 Å². The van der Waals surface area contributed by atoms with Gasteiger partial charge in [0, 0.05) is 26.1 Å². The molecule has 1 N–H and O–H groups in total. The fraction of sp³-hybridized carbons (Fsp3) is 0.682. The van der Waals surface area contributed by atoms with E-state index < -0.39 is 0 Å². The van der Waals surface area contributed by atoms with Crippen molar-refractivity contribution >= 4 is 5.91 Å². The number of nitrogens with zero attached hydrogens (tertiary/aromatic N) is 1. The number of fused-ring (bicyclic) bond motifs is 1. The minimum Gasteiger partial charge on any atom is -0.486 e. The van der Waals surface area contributed by atoms with Crippen LogP contribution in [0.2, 0.25) is 0 Å². The molecule has 0 saturated carbocycles. The third kappa shape index (κ3) is 5.39. The van der Waals surface area contributed by atoms with Crippen molar-refractivity contribution in [2.24, 2.45) is 5.92 Å². The summed E-state index contributed by atoms with van der Waals surface area (Å²) in [6, 6.07) is 6.27. The molecule has 3 aliphatic rings. The molecular weight excluding hydrogens is 356 g/mol. The first-order chi connectivity index (χ1) is 13.8. The van der Waals surface area contributed by atoms with E-state index in [4.69, 9.17) is 14.2 Å². The summed E-state index contributed by atoms with van der Waals surface area (Å²) < 4.78 is 16.8. The highest BCUT2D eigenvalue weighted by Crippen LogP contribution is 2.31. The summed E-state index contributed by atoms with van der Waals surface area (Å²) >= 11 is 0. The summed E-state index contributed by atoms with van der Waals surface area (Å²) in [6.45, 7) is 5.91. The molecule has 1 aromatic carbocycles. The number of piperidine rings is 1. The molecule has 3 aliphatic heterocycles. The molecule has 28 heavy (non-hydrogen) atoms. The smallest absolute Gasteiger partial charge is 0.220 e. The normalized spacial score (nSPS) is 22.9. The fourth-order valence-electron chi connectivity index (χ4n) is 4.33. The molecule has 0 bridgehead atoms. The van der Waals surface area contributed by atoms with Gasteiger partial charge in [-0.25, -0.2) is 0 Å². The summed E-state index contributed by atoms with van der Waals surface area (Å²) in [5, 5.41) is 3.03. The van der Waals surface area contributed by atoms with Crippen molar-refractivity contribution in [1.82, 2.24) is 10.2 Å². The molecule has 4 rings (SSSR count). The van der Waals surface area contributed by atoms with Crippen LogP contribution >= 0.6 is 0 Å². The molecule has 1 aromatic rings. The highest BCUT2D eigenvalue weighted by atomic mass is 16.6. The van der Waals surface area contributed by atoms with Crippen LogP contribution in [0.15, 0.2) is 18.2 Å². The molecule has 0 unspecified atom stereocenters. The van der Waals surface area contributed by atoms with E-state index in [0.717, 1.165) is 57.0 Å². The van der Waals surface area contributed by atoms with Crippen molar-refractivity contribution in [3.63, 3.8) is 0 Å². The average Bonchev–Trinajstić information content (AvgIpc) is 3.25. The number of carbonyl (C=O) groups excluding carboxylic acids is 1. The van der Waals surface area contributed by atoms with Gasteiger partial charge < -0.3 is 19.5 Å². The van der Waals surface area contributed by atoms with Gasteiger partial charge in [0.2, 0.25) is 5.91 Å². The fourth-order valence-corrected chi connectivity index (χ4v) is 4.33. The lowest BCUT2D eigenvalue weighted by molar-refractivity contribution is -0.122. The maximum atomic E-state index is 12.1. The number of hydrogen-bond donors (Lipinski definition) is 1. The minimum atomic E-state index is 0.175. The number of hydrogen-bond acceptors (Lipinski definition) is 5. The molecule has 154 valence electrons. The SMILES string of the molecule is O=C(CCC1CCN(Cc2ccc3c(c2)OCCO3)CC1)NC[C@@H]1CCCO1. The predicted octanol–water partition coefficient (Wildman–Crippen LogP) is 2.75. The predicted molar refractivity (Wildman–Crippen MR) is 107 cm³/mol. The lowest BCUT2D eigenvalue weighted by atomic mass is 9.92. The van der Waals surface area contributed by atoms with Crippen LogP contribution < -0.4 is 14.8 Å². The van der Waals surface area contributed by atoms with Gasteiger partial charge in [-0.15, -0.1) is 0 Å². The highest BCUT2D eigenvalue weighted by molar-refractivity contribution is 5.75. The van der Waals surface area contributed by atoms with Crippen LogP contribution in [0.1, 0.15) is 44.1 Å². The number of likely N-dealkylation sites (tertiary alicyclic amines) is 1. The van der Waals surface area contributed by atoms with Gasteiger partial charge in [0.25, 0.3) is 0 Å². The Labute approximate surface area is 167 Å². The van der Waals surface area contributed by atoms with E-state index >= 15 is 0 Å². The van der Waals surface area contributed by atoms with Gasteiger partial charge in [-0.2, -0.15) is 0 Å². The van der Waals surface area contributed by atoms with E-state index in [1.54, 1.807) is 0 Å². The van der Waals surface area contributed by atoms with E-state index in [-0.39, 0.29) is 12.0 Å². The van der Waals surface area contributed by atoms with E-state index in [0.29, 0.717) is 32.1 Å². The summed E-state index contributed by atoms with van der Waals surface area (Å²) in [7, 11) is 0. The zero-order valence-corrected chi connectivity index (χ0v) is 16.7. The van der Waals surface area contributed by atoms with Crippen molar-refractivity contribution < 1.29 is 19.0 Å². The van der Waals surface area contributed by atoms with Crippen LogP contribution in [-0.4, -0.2) is 56.4 Å². The Morgan fingerprint density at radius 3 is 2.68 bits per heavy atom. The van der Waals surface area contributed by atoms with Gasteiger partial charge in [-0.1, -0.05) is 6.07 Å². The Morgan fingerprint density at radius 2 is 1.89 bits per heavy atom. The molecule has 0 radical (unpaired) electrons. The quantitative estimate of drug-likeness (QED) is 0.778. The molecule has 0 aliphatic carbocycles. The van der Waals surface area contributed by atoms with E-state index in [1.807, 2.05) is 6.07 Å². The molecular formula is C22H32N2O4. The molecule has 1 amide bonds. The molecule has 3 heterocycles. The largest absolute Gasteiger partial charge is 0.486 e. The molecule has 0 aromatic heterocycles. The summed E-state index contributed by atoms with van der Waals surface area (Å²) in [4.78, 5) is 14.6. The Bertz CT molecular complexity index is 652. The standard InChI is InChI=1S/C22H32N2O4/c25-22(23-15-19-2-1-11-26-19)6-4-17-7-9-24(10-8-17)16-18-3-5-20-21(14-18)28-13-12-27-20/h3,5,14,17,19H,1-2,4,6-13,15-16H2,(H,23,25)/t19-/m0/s1. The Hall–Kier alpha value is -1.79. The summed E-state index contributed by atoms with van der Waals surface area (Å²) in [5.74, 6) is 2.55. The zero-order valence-electron chi connectivity index (χ0n) is 16.7. The van der Waals surface area contributed by atoms with Crippen LogP contribution in [0.4, 0.5) is 0 Å². The summed E-state index contributed by atoms with van der Waals surface area (Å²) in [5.41, 5.74) is 1.27. The van der Waals surface area contributed by atoms with Crippen molar-refractivity contribution in [3.8, 4) is 11.5 Å². The Morgan fingerprint density at radius 1 is 1.07 bits per heavy atom. The van der Waals surface area contributed by atoms with Crippen LogP contribution in [0, 0.1) is 5.92 Å². The minimum absolute atomic E-state index is 0.175. The van der Waals surface area contributed by atoms with Crippen LogP contribution in [0.3, 0.4) is 0 Å². The second-order valence-corrected chi connectivity index (χ2v) is 8.18. The number of nitrogens with one attached hydrogen (secondary N) is 1. The first-order valence-corrected chi connectivity index (χ1v) is 10.8. The molecule has 6 heteroatoms. The third-order valence-electron chi connectivity index (χ3n) is 6.05. The van der Waals surface area contributed by atoms with Crippen LogP contribution in [0.5, 0.6) is 11.5 Å². The highest BCUT2D eigenvalue weighted by Gasteiger charge is 2.21. The van der Waals surface area contributed by atoms with Crippen LogP contribution in [-0.2, 0) is 16.1 Å². The molecule has 2 fully saturated rings. The van der Waals surface area contributed by atoms with Crippen molar-refractivity contribution in [3.05, 3.63) is 23.8 Å². The number of carbonyl (C=O) groups is 1. The lowest BCUT2D eigenvalue weighted by Gasteiger charge is -2.32. The number of ether oxygens (including phenoxy) is 3. The zero-order chi connectivity index (χ0) is 19.2. The van der Waals surface area contributed by atoms with Gasteiger partial charge in [0.15, 0.2) is 11.5 Å². The van der Waals surface area contributed by atoms with Gasteiger partial charge in [0.05, 0.1) is 6.10 Å². The topological polar surface area (TPSA) is 60.0 Å². The Kier molecular flexibility index (Phi) is 6.70. The number of benzene rings is 1. The average molecular weight is 389 g/mol. The maximum absolute atomic E-state index is 12.1. The van der Waals surface area contributed by atoms with Crippen molar-refractivity contribution in [2.45, 2.75) is 51.2 Å². The molecule has 6 nitrogen and oxygen atoms in total. The van der Waals surface area contributed by atoms with Gasteiger partial charge in [-0.3, -0.25) is 9.69 Å². The van der Waals surface area contributed by atoms with Gasteiger partial charge in [-0.05, 0) is 68.8 Å². The Balaban J connectivity index is 1.14. The van der Waals surface area contributed by atoms with Crippen molar-refractivity contribution in [1.29, 1.82) is 0 Å². The maximum Gasteiger partial charge on any atom is 0.220 e. The molecule has 2 saturated heterocycles. The second kappa shape index (κ2) is 9.61. The summed E-state index contributed by atoms with van der Waals surface area (Å²) in [6.07, 6.45) is 6.39.